The summed E-state index contributed by atoms with van der Waals surface area (Å²) >= 11 is 0. The van der Waals surface area contributed by atoms with Gasteiger partial charge in [0.1, 0.15) is 35.2 Å². The van der Waals surface area contributed by atoms with E-state index in [1.807, 2.05) is 62.4 Å². The third kappa shape index (κ3) is 7.05. The number of carbonyl (C=O) groups is 3. The number of rotatable bonds is 13. The highest BCUT2D eigenvalue weighted by atomic mass is 16.6. The summed E-state index contributed by atoms with van der Waals surface area (Å²) in [5.41, 5.74) is 1.06. The number of aliphatic carboxylic acids is 1. The SMILES string of the molecule is C=C[C@H]1CC1(NC(=O)[C@@H]1C[C@@H](Oc2cc(-c3ccccc3)nc3cc(OC)ccc23)CN1C(=O)[C@@H](Nc1ccc([N+](=O)[O-])cc1)C(C)C)C(=O)O. The number of non-ortho nitro benzene ring substituents is 1. The molecule has 51 heavy (non-hydrogen) atoms. The maximum Gasteiger partial charge on any atom is 0.330 e. The van der Waals surface area contributed by atoms with Gasteiger partial charge in [0.05, 0.1) is 29.8 Å². The molecule has 0 spiro atoms. The zero-order valence-electron chi connectivity index (χ0n) is 28.4. The Labute approximate surface area is 294 Å². The third-order valence-corrected chi connectivity index (χ3v) is 9.55. The summed E-state index contributed by atoms with van der Waals surface area (Å²) in [6.45, 7) is 7.44. The van der Waals surface area contributed by atoms with Gasteiger partial charge < -0.3 is 30.1 Å². The van der Waals surface area contributed by atoms with E-state index in [1.54, 1.807) is 13.2 Å². The van der Waals surface area contributed by atoms with Crippen molar-refractivity contribution in [2.24, 2.45) is 11.8 Å². The standard InChI is InChI=1S/C38H39N5O8/c1-5-24-20-38(24,37(46)47)41-35(44)32-18-28(21-42(32)36(45)34(22(2)3)39-25-11-13-26(14-12-25)43(48)49)51-33-19-30(23-9-7-6-8-10-23)40-31-17-27(50-4)15-16-29(31)33/h5-17,19,22,24,28,32,34,39H,1,18,20-21H2,2-4H3,(H,41,44)(H,46,47)/t24-,28+,32-,34-,38?/m0/s1. The molecular weight excluding hydrogens is 654 g/mol. The lowest BCUT2D eigenvalue weighted by Crippen LogP contribution is -2.55. The van der Waals surface area contributed by atoms with Crippen LogP contribution >= 0.6 is 0 Å². The van der Waals surface area contributed by atoms with Crippen molar-refractivity contribution in [2.75, 3.05) is 19.0 Å². The van der Waals surface area contributed by atoms with Crippen LogP contribution in [0.1, 0.15) is 26.7 Å². The predicted octanol–water partition coefficient (Wildman–Crippen LogP) is 5.45. The zero-order chi connectivity index (χ0) is 36.4. The number of benzene rings is 3. The number of carbonyl (C=O) groups excluding carboxylic acids is 2. The molecule has 1 unspecified atom stereocenters. The van der Waals surface area contributed by atoms with Gasteiger partial charge in [0.15, 0.2) is 0 Å². The Kier molecular flexibility index (Phi) is 9.64. The zero-order valence-corrected chi connectivity index (χ0v) is 28.4. The topological polar surface area (TPSA) is 173 Å². The van der Waals surface area contributed by atoms with E-state index < -0.39 is 52.4 Å². The number of aromatic nitrogens is 1. The van der Waals surface area contributed by atoms with E-state index in [-0.39, 0.29) is 31.0 Å². The Balaban J connectivity index is 1.33. The Morgan fingerprint density at radius 1 is 1.10 bits per heavy atom. The molecule has 6 rings (SSSR count). The molecule has 13 nitrogen and oxygen atoms in total. The van der Waals surface area contributed by atoms with Gasteiger partial charge in [-0.3, -0.25) is 19.7 Å². The number of nitrogens with one attached hydrogen (secondary N) is 2. The molecule has 2 aliphatic rings. The second-order valence-corrected chi connectivity index (χ2v) is 13.2. The quantitative estimate of drug-likeness (QED) is 0.0929. The molecule has 4 aromatic rings. The fourth-order valence-corrected chi connectivity index (χ4v) is 6.58. The number of hydrogen-bond acceptors (Lipinski definition) is 9. The van der Waals surface area contributed by atoms with E-state index in [2.05, 4.69) is 17.2 Å². The van der Waals surface area contributed by atoms with Crippen molar-refractivity contribution < 1.29 is 33.9 Å². The van der Waals surface area contributed by atoms with Gasteiger partial charge in [0.2, 0.25) is 11.8 Å². The van der Waals surface area contributed by atoms with Gasteiger partial charge in [-0.2, -0.15) is 0 Å². The smallest absolute Gasteiger partial charge is 0.330 e. The number of hydrogen-bond donors (Lipinski definition) is 3. The first-order valence-corrected chi connectivity index (χ1v) is 16.6. The van der Waals surface area contributed by atoms with E-state index >= 15 is 0 Å². The Bertz CT molecular complexity index is 1990. The number of nitro groups is 1. The van der Waals surface area contributed by atoms with Gasteiger partial charge in [0, 0.05) is 53.2 Å². The summed E-state index contributed by atoms with van der Waals surface area (Å²) in [4.78, 5) is 57.6. The number of ether oxygens (including phenoxy) is 2. The molecule has 1 aliphatic heterocycles. The first-order valence-electron chi connectivity index (χ1n) is 16.6. The summed E-state index contributed by atoms with van der Waals surface area (Å²) in [5.74, 6) is -1.76. The minimum atomic E-state index is -1.49. The van der Waals surface area contributed by atoms with Crippen molar-refractivity contribution in [1.82, 2.24) is 15.2 Å². The lowest BCUT2D eigenvalue weighted by molar-refractivity contribution is -0.384. The number of nitrogens with zero attached hydrogens (tertiary/aromatic N) is 3. The maximum atomic E-state index is 14.4. The Morgan fingerprint density at radius 2 is 1.82 bits per heavy atom. The van der Waals surface area contributed by atoms with E-state index in [9.17, 15) is 29.6 Å². The number of methoxy groups -OCH3 is 1. The van der Waals surface area contributed by atoms with E-state index in [1.165, 1.54) is 35.2 Å². The molecule has 0 bridgehead atoms. The molecule has 5 atom stereocenters. The average Bonchev–Trinajstić information content (AvgIpc) is 3.69. The molecule has 3 aromatic carbocycles. The molecule has 2 fully saturated rings. The third-order valence-electron chi connectivity index (χ3n) is 9.55. The molecule has 1 saturated heterocycles. The predicted molar refractivity (Wildman–Crippen MR) is 190 cm³/mol. The van der Waals surface area contributed by atoms with Gasteiger partial charge >= 0.3 is 5.97 Å². The van der Waals surface area contributed by atoms with Gasteiger partial charge in [-0.25, -0.2) is 9.78 Å². The van der Waals surface area contributed by atoms with Crippen LogP contribution in [0.2, 0.25) is 0 Å². The van der Waals surface area contributed by atoms with Crippen LogP contribution in [-0.2, 0) is 14.4 Å². The highest BCUT2D eigenvalue weighted by Crippen LogP contribution is 2.45. The Morgan fingerprint density at radius 3 is 2.43 bits per heavy atom. The van der Waals surface area contributed by atoms with Gasteiger partial charge in [-0.05, 0) is 36.6 Å². The van der Waals surface area contributed by atoms with Gasteiger partial charge in [-0.15, -0.1) is 6.58 Å². The second kappa shape index (κ2) is 14.1. The first kappa shape index (κ1) is 34.9. The minimum absolute atomic E-state index is 0.0354. The van der Waals surface area contributed by atoms with E-state index in [0.717, 1.165) is 5.56 Å². The van der Waals surface area contributed by atoms with Crippen molar-refractivity contribution in [1.29, 1.82) is 0 Å². The number of pyridine rings is 1. The fraction of sp³-hybridized carbons (Fsp3) is 0.316. The normalized spacial score (nSPS) is 21.5. The van der Waals surface area contributed by atoms with Crippen LogP contribution in [0.4, 0.5) is 11.4 Å². The van der Waals surface area contributed by atoms with Crippen LogP contribution in [0, 0.1) is 22.0 Å². The van der Waals surface area contributed by atoms with Crippen LogP contribution < -0.4 is 20.1 Å². The van der Waals surface area contributed by atoms with E-state index in [4.69, 9.17) is 14.5 Å². The lowest BCUT2D eigenvalue weighted by Gasteiger charge is -2.31. The highest BCUT2D eigenvalue weighted by molar-refractivity contribution is 5.96. The van der Waals surface area contributed by atoms with Crippen molar-refractivity contribution in [3.63, 3.8) is 0 Å². The summed E-state index contributed by atoms with van der Waals surface area (Å²) in [6, 6.07) is 20.7. The molecule has 2 amide bonds. The van der Waals surface area contributed by atoms with Crippen molar-refractivity contribution in [3.8, 4) is 22.8 Å². The lowest BCUT2D eigenvalue weighted by atomic mass is 10.0. The number of carboxylic acids is 1. The molecule has 2 heterocycles. The first-order chi connectivity index (χ1) is 24.4. The van der Waals surface area contributed by atoms with Crippen LogP contribution in [0.15, 0.2) is 91.5 Å². The number of anilines is 1. The largest absolute Gasteiger partial charge is 0.497 e. The Hall–Kier alpha value is -5.98. The van der Waals surface area contributed by atoms with Gasteiger partial charge in [-0.1, -0.05) is 50.3 Å². The van der Waals surface area contributed by atoms with Crippen molar-refractivity contribution >= 4 is 40.1 Å². The molecule has 1 aliphatic carbocycles. The molecule has 13 heteroatoms. The molecular formula is C38H39N5O8. The summed E-state index contributed by atoms with van der Waals surface area (Å²) in [7, 11) is 1.57. The van der Waals surface area contributed by atoms with Crippen molar-refractivity contribution in [3.05, 3.63) is 102 Å². The molecule has 1 aromatic heterocycles. The maximum absolute atomic E-state index is 14.4. The second-order valence-electron chi connectivity index (χ2n) is 13.2. The van der Waals surface area contributed by atoms with Crippen LogP contribution in [0.5, 0.6) is 11.5 Å². The molecule has 1 saturated carbocycles. The number of fused-ring (bicyclic) bond motifs is 1. The molecule has 3 N–H and O–H groups in total. The number of amides is 2. The van der Waals surface area contributed by atoms with Crippen LogP contribution in [0.25, 0.3) is 22.2 Å². The minimum Gasteiger partial charge on any atom is -0.497 e. The summed E-state index contributed by atoms with van der Waals surface area (Å²) in [6.07, 6.45) is 1.15. The average molecular weight is 694 g/mol. The van der Waals surface area contributed by atoms with Crippen LogP contribution in [0.3, 0.4) is 0 Å². The van der Waals surface area contributed by atoms with Crippen molar-refractivity contribution in [2.45, 2.75) is 50.4 Å². The number of likely N-dealkylation sites (tertiary alicyclic amines) is 1. The summed E-state index contributed by atoms with van der Waals surface area (Å²) in [5, 5.41) is 27.8. The highest BCUT2D eigenvalue weighted by Gasteiger charge is 2.61. The number of carboxylic acid groups (broad SMARTS) is 1. The fourth-order valence-electron chi connectivity index (χ4n) is 6.58. The molecule has 0 radical (unpaired) electrons. The number of nitro benzene ring substituents is 1. The summed E-state index contributed by atoms with van der Waals surface area (Å²) < 4.78 is 12.1. The van der Waals surface area contributed by atoms with Crippen LogP contribution in [-0.4, -0.2) is 75.1 Å². The molecule has 264 valence electrons. The van der Waals surface area contributed by atoms with E-state index in [0.29, 0.717) is 33.8 Å². The van der Waals surface area contributed by atoms with Gasteiger partial charge in [0.25, 0.3) is 5.69 Å². The monoisotopic (exact) mass is 693 g/mol.